The molecule has 218 valence electrons. The van der Waals surface area contributed by atoms with E-state index in [1.54, 1.807) is 37.3 Å². The van der Waals surface area contributed by atoms with E-state index in [0.717, 1.165) is 36.1 Å². The SMILES string of the molecule is CC[C@@H](C(=O)NC1CCCC1)N(Cc1ccc(Cl)cc1Cl)C(=O)CN(c1ccccc1F)S(=O)(=O)c1ccccc1. The van der Waals surface area contributed by atoms with Crippen molar-refractivity contribution in [2.75, 3.05) is 10.8 Å². The van der Waals surface area contributed by atoms with Crippen LogP contribution in [0.3, 0.4) is 0 Å². The van der Waals surface area contributed by atoms with Crippen molar-refractivity contribution in [3.63, 3.8) is 0 Å². The van der Waals surface area contributed by atoms with Crippen molar-refractivity contribution < 1.29 is 22.4 Å². The Hall–Kier alpha value is -3.14. The zero-order valence-electron chi connectivity index (χ0n) is 22.6. The van der Waals surface area contributed by atoms with Gasteiger partial charge in [-0.05, 0) is 61.2 Å². The highest BCUT2D eigenvalue weighted by Crippen LogP contribution is 2.28. The first-order valence-electron chi connectivity index (χ1n) is 13.5. The van der Waals surface area contributed by atoms with Crippen LogP contribution in [0.1, 0.15) is 44.6 Å². The number of para-hydroxylation sites is 1. The molecule has 0 radical (unpaired) electrons. The predicted octanol–water partition coefficient (Wildman–Crippen LogP) is 6.19. The molecule has 0 heterocycles. The average molecular weight is 621 g/mol. The van der Waals surface area contributed by atoms with E-state index < -0.39 is 34.3 Å². The molecule has 0 unspecified atom stereocenters. The molecule has 1 N–H and O–H groups in total. The number of halogens is 3. The summed E-state index contributed by atoms with van der Waals surface area (Å²) >= 11 is 12.5. The highest BCUT2D eigenvalue weighted by molar-refractivity contribution is 7.92. The second-order valence-corrected chi connectivity index (χ2v) is 12.7. The summed E-state index contributed by atoms with van der Waals surface area (Å²) < 4.78 is 43.3. The Balaban J connectivity index is 1.73. The number of carbonyl (C=O) groups is 2. The molecule has 4 rings (SSSR count). The highest BCUT2D eigenvalue weighted by Gasteiger charge is 2.35. The van der Waals surface area contributed by atoms with E-state index in [1.165, 1.54) is 41.3 Å². The van der Waals surface area contributed by atoms with E-state index in [0.29, 0.717) is 15.6 Å². The third kappa shape index (κ3) is 7.39. The average Bonchev–Trinajstić information content (AvgIpc) is 3.46. The van der Waals surface area contributed by atoms with E-state index >= 15 is 4.39 Å². The molecular formula is C30H32Cl2FN3O4S. The number of sulfonamides is 1. The molecule has 3 aromatic carbocycles. The Labute approximate surface area is 250 Å². The Morgan fingerprint density at radius 3 is 2.29 bits per heavy atom. The lowest BCUT2D eigenvalue weighted by molar-refractivity contribution is -0.140. The molecule has 1 aliphatic rings. The lowest BCUT2D eigenvalue weighted by Gasteiger charge is -2.34. The monoisotopic (exact) mass is 619 g/mol. The van der Waals surface area contributed by atoms with Gasteiger partial charge in [0.1, 0.15) is 18.4 Å². The third-order valence-electron chi connectivity index (χ3n) is 7.17. The molecule has 0 spiro atoms. The second-order valence-electron chi connectivity index (χ2n) is 9.95. The fourth-order valence-corrected chi connectivity index (χ4v) is 6.92. The topological polar surface area (TPSA) is 86.8 Å². The molecule has 0 aliphatic heterocycles. The van der Waals surface area contributed by atoms with Crippen molar-refractivity contribution in [2.45, 2.75) is 62.6 Å². The number of carbonyl (C=O) groups excluding carboxylic acids is 2. The number of benzene rings is 3. The van der Waals surface area contributed by atoms with E-state index in [1.807, 2.05) is 0 Å². The van der Waals surface area contributed by atoms with Crippen LogP contribution in [0.5, 0.6) is 0 Å². The number of nitrogens with zero attached hydrogens (tertiary/aromatic N) is 2. The fourth-order valence-electron chi connectivity index (χ4n) is 5.01. The summed E-state index contributed by atoms with van der Waals surface area (Å²) in [4.78, 5) is 28.8. The first kappa shape index (κ1) is 30.8. The van der Waals surface area contributed by atoms with Gasteiger partial charge in [-0.3, -0.25) is 13.9 Å². The second kappa shape index (κ2) is 13.7. The maximum Gasteiger partial charge on any atom is 0.264 e. The van der Waals surface area contributed by atoms with Crippen LogP contribution in [-0.4, -0.2) is 43.8 Å². The largest absolute Gasteiger partial charge is 0.352 e. The van der Waals surface area contributed by atoms with Gasteiger partial charge in [0, 0.05) is 22.6 Å². The normalized spacial score (nSPS) is 14.4. The van der Waals surface area contributed by atoms with Gasteiger partial charge < -0.3 is 10.2 Å². The van der Waals surface area contributed by atoms with Crippen LogP contribution >= 0.6 is 23.2 Å². The zero-order valence-corrected chi connectivity index (χ0v) is 24.9. The smallest absolute Gasteiger partial charge is 0.264 e. The number of nitrogens with one attached hydrogen (secondary N) is 1. The minimum atomic E-state index is -4.36. The molecule has 7 nitrogen and oxygen atoms in total. The molecule has 0 aromatic heterocycles. The van der Waals surface area contributed by atoms with E-state index in [4.69, 9.17) is 23.2 Å². The van der Waals surface area contributed by atoms with Crippen LogP contribution in [0.2, 0.25) is 10.0 Å². The van der Waals surface area contributed by atoms with Crippen LogP contribution < -0.4 is 9.62 Å². The molecule has 3 aromatic rings. The predicted molar refractivity (Wildman–Crippen MR) is 159 cm³/mol. The summed E-state index contributed by atoms with van der Waals surface area (Å²) in [7, 11) is -4.36. The number of hydrogen-bond donors (Lipinski definition) is 1. The standard InChI is InChI=1S/C30H32Cl2FN3O4S/c1-2-27(30(38)34-23-10-6-7-11-23)35(19-21-16-17-22(31)18-25(21)32)29(37)20-36(28-15-9-8-14-26(28)33)41(39,40)24-12-4-3-5-13-24/h3-5,8-9,12-18,23,27H,2,6-7,10-11,19-20H2,1H3,(H,34,38)/t27-/m0/s1. The van der Waals surface area contributed by atoms with Crippen LogP contribution in [0.4, 0.5) is 10.1 Å². The van der Waals surface area contributed by atoms with Crippen LogP contribution in [0.15, 0.2) is 77.7 Å². The van der Waals surface area contributed by atoms with Gasteiger partial charge >= 0.3 is 0 Å². The van der Waals surface area contributed by atoms with Gasteiger partial charge in [-0.2, -0.15) is 0 Å². The Morgan fingerprint density at radius 2 is 1.66 bits per heavy atom. The lowest BCUT2D eigenvalue weighted by atomic mass is 10.1. The Bertz CT molecular complexity index is 1480. The highest BCUT2D eigenvalue weighted by atomic mass is 35.5. The van der Waals surface area contributed by atoms with Gasteiger partial charge in [-0.15, -0.1) is 0 Å². The summed E-state index contributed by atoms with van der Waals surface area (Å²) in [6.45, 7) is 0.955. The van der Waals surface area contributed by atoms with Gasteiger partial charge in [-0.25, -0.2) is 12.8 Å². The molecule has 1 saturated carbocycles. The van der Waals surface area contributed by atoms with Crippen LogP contribution in [0.25, 0.3) is 0 Å². The molecule has 41 heavy (non-hydrogen) atoms. The van der Waals surface area contributed by atoms with E-state index in [9.17, 15) is 18.0 Å². The number of amides is 2. The maximum atomic E-state index is 15.0. The molecule has 11 heteroatoms. The lowest BCUT2D eigenvalue weighted by Crippen LogP contribution is -2.53. The van der Waals surface area contributed by atoms with Gasteiger partial charge in [0.2, 0.25) is 11.8 Å². The molecule has 0 bridgehead atoms. The molecule has 1 fully saturated rings. The zero-order chi connectivity index (χ0) is 29.6. The molecular weight excluding hydrogens is 588 g/mol. The van der Waals surface area contributed by atoms with E-state index in [2.05, 4.69) is 5.32 Å². The maximum absolute atomic E-state index is 15.0. The van der Waals surface area contributed by atoms with Gasteiger partial charge in [0.15, 0.2) is 0 Å². The van der Waals surface area contributed by atoms with Crippen LogP contribution in [0, 0.1) is 5.82 Å². The van der Waals surface area contributed by atoms with Crippen molar-refractivity contribution in [3.8, 4) is 0 Å². The Morgan fingerprint density at radius 1 is 1.00 bits per heavy atom. The molecule has 0 saturated heterocycles. The number of anilines is 1. The first-order valence-corrected chi connectivity index (χ1v) is 15.7. The summed E-state index contributed by atoms with van der Waals surface area (Å²) in [5.41, 5.74) is 0.248. The fraction of sp³-hybridized carbons (Fsp3) is 0.333. The first-order chi connectivity index (χ1) is 19.6. The number of rotatable bonds is 11. The molecule has 2 amide bonds. The number of hydrogen-bond acceptors (Lipinski definition) is 4. The van der Waals surface area contributed by atoms with Crippen molar-refractivity contribution in [1.82, 2.24) is 10.2 Å². The van der Waals surface area contributed by atoms with E-state index in [-0.39, 0.29) is 35.5 Å². The third-order valence-corrected chi connectivity index (χ3v) is 9.54. The summed E-state index contributed by atoms with van der Waals surface area (Å²) in [6, 6.07) is 16.8. The van der Waals surface area contributed by atoms with Crippen molar-refractivity contribution in [3.05, 3.63) is 94.2 Å². The van der Waals surface area contributed by atoms with Crippen LogP contribution in [-0.2, 0) is 26.2 Å². The van der Waals surface area contributed by atoms with Crippen molar-refractivity contribution >= 4 is 50.7 Å². The Kier molecular flexibility index (Phi) is 10.3. The van der Waals surface area contributed by atoms with Gasteiger partial charge in [-0.1, -0.05) is 79.4 Å². The minimum Gasteiger partial charge on any atom is -0.352 e. The minimum absolute atomic E-state index is 0.0148. The quantitative estimate of drug-likeness (QED) is 0.277. The van der Waals surface area contributed by atoms with Crippen molar-refractivity contribution in [2.24, 2.45) is 0 Å². The van der Waals surface area contributed by atoms with Crippen molar-refractivity contribution in [1.29, 1.82) is 0 Å². The van der Waals surface area contributed by atoms with Gasteiger partial charge in [0.05, 0.1) is 10.6 Å². The molecule has 1 aliphatic carbocycles. The molecule has 1 atom stereocenters. The van der Waals surface area contributed by atoms with Gasteiger partial charge in [0.25, 0.3) is 10.0 Å². The summed E-state index contributed by atoms with van der Waals surface area (Å²) in [6.07, 6.45) is 4.01. The summed E-state index contributed by atoms with van der Waals surface area (Å²) in [5.74, 6) is -1.83. The summed E-state index contributed by atoms with van der Waals surface area (Å²) in [5, 5.41) is 3.75.